The standard InChI is InChI=1S/C8H13F.C2H6.C2H4/c1-3-5-6-7-8(9)4-2;2*1-2/h5-7H,3-4H2,1-2H3;1-2H3;1-2H2/b6-5-,8-7+;;. The monoisotopic (exact) mass is 186 g/mol. The zero-order valence-electron chi connectivity index (χ0n) is 9.44. The van der Waals surface area contributed by atoms with E-state index in [4.69, 9.17) is 0 Å². The molecule has 0 bridgehead atoms. The van der Waals surface area contributed by atoms with Crippen molar-refractivity contribution in [3.8, 4) is 0 Å². The lowest BCUT2D eigenvalue weighted by Gasteiger charge is -1.83. The van der Waals surface area contributed by atoms with Gasteiger partial charge < -0.3 is 0 Å². The molecule has 0 aliphatic carbocycles. The average molecular weight is 186 g/mol. The number of hydrogen-bond acceptors (Lipinski definition) is 0. The minimum absolute atomic E-state index is 0.0558. The predicted molar refractivity (Wildman–Crippen MR) is 61.5 cm³/mol. The Hall–Kier alpha value is -0.850. The first-order valence-electron chi connectivity index (χ1n) is 4.82. The molecule has 0 radical (unpaired) electrons. The van der Waals surface area contributed by atoms with Crippen LogP contribution >= 0.6 is 0 Å². The highest BCUT2D eigenvalue weighted by atomic mass is 19.1. The molecule has 0 unspecified atom stereocenters. The van der Waals surface area contributed by atoms with Gasteiger partial charge in [-0.25, -0.2) is 4.39 Å². The predicted octanol–water partition coefficient (Wildman–Crippen LogP) is 5.04. The fourth-order valence-electron chi connectivity index (χ4n) is 0.426. The second kappa shape index (κ2) is 22.5. The van der Waals surface area contributed by atoms with E-state index in [9.17, 15) is 4.39 Å². The van der Waals surface area contributed by atoms with Crippen molar-refractivity contribution in [3.63, 3.8) is 0 Å². The summed E-state index contributed by atoms with van der Waals surface area (Å²) in [5, 5.41) is 0. The largest absolute Gasteiger partial charge is 0.212 e. The Bertz CT molecular complexity index is 123. The van der Waals surface area contributed by atoms with Gasteiger partial charge in [-0.3, -0.25) is 0 Å². The fraction of sp³-hybridized carbons (Fsp3) is 0.500. The number of rotatable bonds is 3. The van der Waals surface area contributed by atoms with Crippen LogP contribution in [-0.4, -0.2) is 0 Å². The van der Waals surface area contributed by atoms with Crippen molar-refractivity contribution in [3.05, 3.63) is 37.2 Å². The Morgan fingerprint density at radius 1 is 1.23 bits per heavy atom. The summed E-state index contributed by atoms with van der Waals surface area (Å²) in [5.74, 6) is -0.0558. The van der Waals surface area contributed by atoms with Crippen molar-refractivity contribution in [1.29, 1.82) is 0 Å². The summed E-state index contributed by atoms with van der Waals surface area (Å²) < 4.78 is 12.3. The lowest BCUT2D eigenvalue weighted by atomic mass is 10.3. The molecule has 0 aromatic carbocycles. The van der Waals surface area contributed by atoms with Crippen LogP contribution in [0.4, 0.5) is 4.39 Å². The van der Waals surface area contributed by atoms with Gasteiger partial charge in [-0.2, -0.15) is 0 Å². The van der Waals surface area contributed by atoms with E-state index in [1.165, 1.54) is 6.08 Å². The summed E-state index contributed by atoms with van der Waals surface area (Å²) in [6, 6.07) is 0. The van der Waals surface area contributed by atoms with Crippen molar-refractivity contribution < 1.29 is 4.39 Å². The van der Waals surface area contributed by atoms with Crippen LogP contribution in [0.5, 0.6) is 0 Å². The molecule has 0 spiro atoms. The van der Waals surface area contributed by atoms with Gasteiger partial charge >= 0.3 is 0 Å². The molecule has 0 aliphatic rings. The van der Waals surface area contributed by atoms with Gasteiger partial charge in [0.2, 0.25) is 0 Å². The number of allylic oxidation sites excluding steroid dienone is 4. The van der Waals surface area contributed by atoms with Crippen molar-refractivity contribution in [2.75, 3.05) is 0 Å². The van der Waals surface area contributed by atoms with Gasteiger partial charge in [0.25, 0.3) is 0 Å². The molecule has 0 aromatic heterocycles. The van der Waals surface area contributed by atoms with E-state index >= 15 is 0 Å². The highest BCUT2D eigenvalue weighted by Gasteiger charge is 1.82. The maximum atomic E-state index is 12.3. The third-order valence-electron chi connectivity index (χ3n) is 0.987. The Labute approximate surface area is 82.9 Å². The zero-order chi connectivity index (χ0) is 11.1. The summed E-state index contributed by atoms with van der Waals surface area (Å²) in [5.41, 5.74) is 0. The van der Waals surface area contributed by atoms with Crippen LogP contribution in [0.1, 0.15) is 40.5 Å². The quantitative estimate of drug-likeness (QED) is 0.427. The van der Waals surface area contributed by atoms with E-state index in [0.29, 0.717) is 6.42 Å². The van der Waals surface area contributed by atoms with E-state index in [1.54, 1.807) is 13.0 Å². The van der Waals surface area contributed by atoms with Crippen LogP contribution in [0.3, 0.4) is 0 Å². The van der Waals surface area contributed by atoms with Gasteiger partial charge in [0.15, 0.2) is 0 Å². The number of halogens is 1. The van der Waals surface area contributed by atoms with Crippen LogP contribution < -0.4 is 0 Å². The first-order valence-corrected chi connectivity index (χ1v) is 4.82. The molecule has 0 saturated heterocycles. The lowest BCUT2D eigenvalue weighted by molar-refractivity contribution is 0.604. The SMILES string of the molecule is C=C.CC.CC/C=C\C=C(\F)CC. The Kier molecular flexibility index (Phi) is 31.2. The minimum atomic E-state index is -0.0558. The molecule has 0 rings (SSSR count). The third-order valence-corrected chi connectivity index (χ3v) is 0.987. The molecule has 78 valence electrons. The summed E-state index contributed by atoms with van der Waals surface area (Å²) in [4.78, 5) is 0. The molecule has 0 nitrogen and oxygen atoms in total. The molecule has 13 heavy (non-hydrogen) atoms. The van der Waals surface area contributed by atoms with Crippen LogP contribution in [0.15, 0.2) is 37.2 Å². The second-order valence-electron chi connectivity index (χ2n) is 1.80. The zero-order valence-corrected chi connectivity index (χ0v) is 9.44. The molecule has 0 fully saturated rings. The normalized spacial score (nSPS) is 9.77. The average Bonchev–Trinajstić information content (AvgIpc) is 2.24. The Morgan fingerprint density at radius 3 is 2.00 bits per heavy atom. The van der Waals surface area contributed by atoms with Crippen molar-refractivity contribution >= 4 is 0 Å². The molecule has 0 aromatic rings. The van der Waals surface area contributed by atoms with Crippen LogP contribution in [-0.2, 0) is 0 Å². The fourth-order valence-corrected chi connectivity index (χ4v) is 0.426. The van der Waals surface area contributed by atoms with E-state index in [0.717, 1.165) is 6.42 Å². The molecule has 0 aliphatic heterocycles. The molecule has 1 heteroatoms. The van der Waals surface area contributed by atoms with Crippen molar-refractivity contribution in [2.24, 2.45) is 0 Å². The van der Waals surface area contributed by atoms with Gasteiger partial charge in [-0.15, -0.1) is 13.2 Å². The van der Waals surface area contributed by atoms with E-state index in [-0.39, 0.29) is 5.83 Å². The third kappa shape index (κ3) is 24.7. The van der Waals surface area contributed by atoms with Crippen LogP contribution in [0.2, 0.25) is 0 Å². The van der Waals surface area contributed by atoms with E-state index < -0.39 is 0 Å². The molecular weight excluding hydrogens is 163 g/mol. The maximum Gasteiger partial charge on any atom is 0.0996 e. The number of hydrogen-bond donors (Lipinski definition) is 0. The minimum Gasteiger partial charge on any atom is -0.212 e. The summed E-state index contributed by atoms with van der Waals surface area (Å²) in [6.07, 6.45) is 6.64. The highest BCUT2D eigenvalue weighted by Crippen LogP contribution is 2.00. The highest BCUT2D eigenvalue weighted by molar-refractivity contribution is 5.06. The summed E-state index contributed by atoms with van der Waals surface area (Å²) in [7, 11) is 0. The molecule has 0 heterocycles. The Balaban J connectivity index is -0.000000218. The first kappa shape index (κ1) is 18.0. The van der Waals surface area contributed by atoms with Gasteiger partial charge in [0.05, 0.1) is 5.83 Å². The van der Waals surface area contributed by atoms with Gasteiger partial charge in [-0.05, 0) is 18.9 Å². The van der Waals surface area contributed by atoms with Gasteiger partial charge in [0.1, 0.15) is 0 Å². The smallest absolute Gasteiger partial charge is 0.0996 e. The molecule has 0 amide bonds. The first-order chi connectivity index (χ1) is 6.31. The van der Waals surface area contributed by atoms with Crippen molar-refractivity contribution in [1.82, 2.24) is 0 Å². The molecular formula is C12H23F. The van der Waals surface area contributed by atoms with Gasteiger partial charge in [0, 0.05) is 0 Å². The van der Waals surface area contributed by atoms with Crippen molar-refractivity contribution in [2.45, 2.75) is 40.5 Å². The van der Waals surface area contributed by atoms with Gasteiger partial charge in [-0.1, -0.05) is 39.8 Å². The summed E-state index contributed by atoms with van der Waals surface area (Å²) in [6.45, 7) is 13.8. The topological polar surface area (TPSA) is 0 Å². The maximum absolute atomic E-state index is 12.3. The molecule has 0 saturated carbocycles. The molecule has 0 N–H and O–H groups in total. The lowest BCUT2D eigenvalue weighted by Crippen LogP contribution is -1.64. The van der Waals surface area contributed by atoms with Crippen LogP contribution in [0.25, 0.3) is 0 Å². The van der Waals surface area contributed by atoms with E-state index in [2.05, 4.69) is 13.2 Å². The van der Waals surface area contributed by atoms with E-state index in [1.807, 2.05) is 26.8 Å². The molecule has 0 atom stereocenters. The Morgan fingerprint density at radius 2 is 1.69 bits per heavy atom. The second-order valence-corrected chi connectivity index (χ2v) is 1.80. The summed E-state index contributed by atoms with van der Waals surface area (Å²) >= 11 is 0. The van der Waals surface area contributed by atoms with Crippen LogP contribution in [0, 0.1) is 0 Å².